The van der Waals surface area contributed by atoms with Gasteiger partial charge in [0.25, 0.3) is 0 Å². The smallest absolute Gasteiger partial charge is 0.227 e. The molecule has 1 spiro atoms. The van der Waals surface area contributed by atoms with Crippen LogP contribution in [0, 0.1) is 0 Å². The first-order valence-electron chi connectivity index (χ1n) is 8.76. The fourth-order valence-corrected chi connectivity index (χ4v) is 3.55. The highest BCUT2D eigenvalue weighted by molar-refractivity contribution is 6.31. The number of amidine groups is 1. The van der Waals surface area contributed by atoms with Crippen LogP contribution < -0.4 is 5.48 Å². The van der Waals surface area contributed by atoms with Gasteiger partial charge >= 0.3 is 0 Å². The molecule has 4 rings (SSSR count). The van der Waals surface area contributed by atoms with Crippen LogP contribution in [0.2, 0.25) is 5.02 Å². The van der Waals surface area contributed by atoms with Gasteiger partial charge in [0.15, 0.2) is 11.6 Å². The highest BCUT2D eigenvalue weighted by Crippen LogP contribution is 2.31. The molecule has 1 amide bonds. The lowest BCUT2D eigenvalue weighted by molar-refractivity contribution is -0.138. The zero-order valence-electron chi connectivity index (χ0n) is 14.3. The summed E-state index contributed by atoms with van der Waals surface area (Å²) >= 11 is 6.16. The third kappa shape index (κ3) is 3.45. The molecule has 0 saturated carbocycles. The molecule has 0 aromatic heterocycles. The van der Waals surface area contributed by atoms with Crippen molar-refractivity contribution in [2.45, 2.75) is 25.0 Å². The Hall–Kier alpha value is -2.37. The predicted octanol–water partition coefficient (Wildman–Crippen LogP) is 3.18. The number of carbonyl (C=O) groups is 1. The first kappa shape index (κ1) is 17.1. The molecular weight excluding hydrogens is 350 g/mol. The van der Waals surface area contributed by atoms with E-state index in [9.17, 15) is 4.79 Å². The molecule has 1 N–H and O–H groups in total. The molecule has 6 heteroatoms. The van der Waals surface area contributed by atoms with E-state index in [1.165, 1.54) is 0 Å². The van der Waals surface area contributed by atoms with Crippen molar-refractivity contribution >= 4 is 23.3 Å². The van der Waals surface area contributed by atoms with Crippen LogP contribution in [0.3, 0.4) is 0 Å². The van der Waals surface area contributed by atoms with E-state index < -0.39 is 5.72 Å². The second-order valence-corrected chi connectivity index (χ2v) is 7.03. The summed E-state index contributed by atoms with van der Waals surface area (Å²) in [6.45, 7) is 1.24. The molecule has 0 bridgehead atoms. The summed E-state index contributed by atoms with van der Waals surface area (Å²) in [6, 6.07) is 17.4. The average Bonchev–Trinajstić information content (AvgIpc) is 3.08. The van der Waals surface area contributed by atoms with E-state index in [0.29, 0.717) is 37.4 Å². The number of rotatable bonds is 3. The molecule has 2 aliphatic rings. The van der Waals surface area contributed by atoms with Gasteiger partial charge < -0.3 is 4.90 Å². The number of likely N-dealkylation sites (tertiary alicyclic amines) is 1. The number of piperidine rings is 1. The predicted molar refractivity (Wildman–Crippen MR) is 101 cm³/mol. The number of amides is 1. The molecule has 0 atom stereocenters. The van der Waals surface area contributed by atoms with Gasteiger partial charge in [-0.3, -0.25) is 4.79 Å². The zero-order valence-corrected chi connectivity index (χ0v) is 15.1. The Morgan fingerprint density at radius 3 is 2.54 bits per heavy atom. The Morgan fingerprint density at radius 1 is 1.12 bits per heavy atom. The normalized spacial score (nSPS) is 18.5. The molecule has 2 aliphatic heterocycles. The molecule has 134 valence electrons. The topological polar surface area (TPSA) is 53.9 Å². The van der Waals surface area contributed by atoms with Crippen LogP contribution in [0.15, 0.2) is 59.6 Å². The molecule has 26 heavy (non-hydrogen) atoms. The molecule has 0 radical (unpaired) electrons. The first-order chi connectivity index (χ1) is 12.7. The van der Waals surface area contributed by atoms with E-state index in [1.807, 2.05) is 59.5 Å². The number of nitrogens with zero attached hydrogens (tertiary/aromatic N) is 2. The van der Waals surface area contributed by atoms with Gasteiger partial charge in [0.05, 0.1) is 6.42 Å². The number of benzene rings is 2. The Kier molecular flexibility index (Phi) is 4.66. The summed E-state index contributed by atoms with van der Waals surface area (Å²) in [5.74, 6) is 0.840. The second-order valence-electron chi connectivity index (χ2n) is 6.63. The van der Waals surface area contributed by atoms with Crippen LogP contribution in [0.25, 0.3) is 0 Å². The maximum Gasteiger partial charge on any atom is 0.227 e. The van der Waals surface area contributed by atoms with Crippen molar-refractivity contribution in [3.05, 3.63) is 70.7 Å². The fraction of sp³-hybridized carbons (Fsp3) is 0.300. The standard InChI is InChI=1S/C20H20ClN3O2/c21-17-9-5-4-8-16(17)14-18(25)24-12-10-20(11-13-24)22-19(23-26-20)15-6-2-1-3-7-15/h1-9H,10-14H2,(H,22,23). The van der Waals surface area contributed by atoms with Crippen LogP contribution in [-0.2, 0) is 16.1 Å². The Labute approximate surface area is 157 Å². The van der Waals surface area contributed by atoms with E-state index in [1.54, 1.807) is 0 Å². The van der Waals surface area contributed by atoms with Crippen LogP contribution >= 0.6 is 11.6 Å². The Morgan fingerprint density at radius 2 is 1.81 bits per heavy atom. The van der Waals surface area contributed by atoms with Crippen LogP contribution in [0.5, 0.6) is 0 Å². The van der Waals surface area contributed by atoms with E-state index in [4.69, 9.17) is 21.4 Å². The van der Waals surface area contributed by atoms with Gasteiger partial charge in [-0.05, 0) is 11.6 Å². The monoisotopic (exact) mass is 369 g/mol. The maximum absolute atomic E-state index is 12.6. The lowest BCUT2D eigenvalue weighted by atomic mass is 10.00. The molecule has 2 aromatic rings. The molecule has 1 saturated heterocycles. The molecule has 1 fully saturated rings. The van der Waals surface area contributed by atoms with Gasteiger partial charge in [0.1, 0.15) is 0 Å². The van der Waals surface area contributed by atoms with Crippen molar-refractivity contribution in [3.63, 3.8) is 0 Å². The largest absolute Gasteiger partial charge is 0.342 e. The Balaban J connectivity index is 1.39. The number of hydrogen-bond acceptors (Lipinski definition) is 4. The highest BCUT2D eigenvalue weighted by atomic mass is 35.5. The summed E-state index contributed by atoms with van der Waals surface area (Å²) in [4.78, 5) is 25.0. The number of hydrogen-bond donors (Lipinski definition) is 1. The first-order valence-corrected chi connectivity index (χ1v) is 9.13. The van der Waals surface area contributed by atoms with Crippen LogP contribution in [0.1, 0.15) is 24.0 Å². The molecule has 2 aromatic carbocycles. The lowest BCUT2D eigenvalue weighted by Crippen LogP contribution is -2.47. The van der Waals surface area contributed by atoms with E-state index in [2.05, 4.69) is 5.48 Å². The van der Waals surface area contributed by atoms with Crippen LogP contribution in [-0.4, -0.2) is 35.5 Å². The Bertz CT molecular complexity index is 830. The number of hydroxylamine groups is 1. The summed E-state index contributed by atoms with van der Waals surface area (Å²) in [7, 11) is 0. The number of halogens is 1. The van der Waals surface area contributed by atoms with Crippen molar-refractivity contribution < 1.29 is 9.63 Å². The third-order valence-electron chi connectivity index (χ3n) is 4.90. The average molecular weight is 370 g/mol. The number of carbonyl (C=O) groups excluding carboxylic acids is 1. The molecular formula is C20H20ClN3O2. The minimum absolute atomic E-state index is 0.0890. The van der Waals surface area contributed by atoms with Gasteiger partial charge in [-0.25, -0.2) is 15.3 Å². The molecule has 5 nitrogen and oxygen atoms in total. The fourth-order valence-electron chi connectivity index (χ4n) is 3.35. The van der Waals surface area contributed by atoms with Crippen molar-refractivity contribution in [2.75, 3.05) is 13.1 Å². The molecule has 0 aliphatic carbocycles. The van der Waals surface area contributed by atoms with Gasteiger partial charge in [-0.1, -0.05) is 60.1 Å². The molecule has 0 unspecified atom stereocenters. The number of nitrogens with one attached hydrogen (secondary N) is 1. The summed E-state index contributed by atoms with van der Waals surface area (Å²) in [5.41, 5.74) is 4.24. The minimum Gasteiger partial charge on any atom is -0.342 e. The van der Waals surface area contributed by atoms with E-state index >= 15 is 0 Å². The summed E-state index contributed by atoms with van der Waals surface area (Å²) < 4.78 is 0. The highest BCUT2D eigenvalue weighted by Gasteiger charge is 2.41. The van der Waals surface area contributed by atoms with Crippen molar-refractivity contribution in [1.29, 1.82) is 0 Å². The van der Waals surface area contributed by atoms with Crippen molar-refractivity contribution in [3.8, 4) is 0 Å². The zero-order chi connectivity index (χ0) is 18.0. The van der Waals surface area contributed by atoms with E-state index in [0.717, 1.165) is 17.0 Å². The van der Waals surface area contributed by atoms with E-state index in [-0.39, 0.29) is 5.91 Å². The summed E-state index contributed by atoms with van der Waals surface area (Å²) in [5, 5.41) is 0.634. The quantitative estimate of drug-likeness (QED) is 0.904. The van der Waals surface area contributed by atoms with Gasteiger partial charge in [0, 0.05) is 36.5 Å². The molecule has 2 heterocycles. The maximum atomic E-state index is 12.6. The second kappa shape index (κ2) is 7.09. The lowest BCUT2D eigenvalue weighted by Gasteiger charge is -2.35. The van der Waals surface area contributed by atoms with Gasteiger partial charge in [-0.15, -0.1) is 0 Å². The van der Waals surface area contributed by atoms with Gasteiger partial charge in [0.2, 0.25) is 5.91 Å². The third-order valence-corrected chi connectivity index (χ3v) is 5.27. The van der Waals surface area contributed by atoms with Crippen molar-refractivity contribution in [1.82, 2.24) is 10.4 Å². The minimum atomic E-state index is -0.577. The number of aliphatic imine (C=N–C) groups is 1. The SMILES string of the molecule is O=C(Cc1ccccc1Cl)N1CCC2(CC1)N=C(c1ccccc1)NO2. The van der Waals surface area contributed by atoms with Gasteiger partial charge in [-0.2, -0.15) is 0 Å². The van der Waals surface area contributed by atoms with Crippen LogP contribution in [0.4, 0.5) is 0 Å². The van der Waals surface area contributed by atoms with Crippen molar-refractivity contribution in [2.24, 2.45) is 4.99 Å². The summed E-state index contributed by atoms with van der Waals surface area (Å²) in [6.07, 6.45) is 1.67.